The molecule has 2 aromatic rings. The third-order valence-electron chi connectivity index (χ3n) is 4.04. The van der Waals surface area contributed by atoms with Gasteiger partial charge >= 0.3 is 11.1 Å². The quantitative estimate of drug-likeness (QED) is 0.750. The molecule has 20 heavy (non-hydrogen) atoms. The number of hydrogen-bond acceptors (Lipinski definition) is 3. The highest BCUT2D eigenvalue weighted by molar-refractivity contribution is 5.78. The zero-order chi connectivity index (χ0) is 13.9. The van der Waals surface area contributed by atoms with Crippen LogP contribution in [0.25, 0.3) is 11.0 Å². The van der Waals surface area contributed by atoms with Gasteiger partial charge in [-0.2, -0.15) is 0 Å². The number of anilines is 1. The number of fused-ring (bicyclic) bond motifs is 1. The number of nitrogens with one attached hydrogen (secondary N) is 3. The number of aromatic nitrogens is 2. The Bertz CT molecular complexity index is 711. The van der Waals surface area contributed by atoms with Gasteiger partial charge in [0.15, 0.2) is 0 Å². The molecule has 0 bridgehead atoms. The second kappa shape index (κ2) is 5.53. The fraction of sp³-hybridized carbons (Fsp3) is 0.467. The zero-order valence-electron chi connectivity index (χ0n) is 11.4. The smallest absolute Gasteiger partial charge is 0.314 e. The van der Waals surface area contributed by atoms with Crippen molar-refractivity contribution in [2.45, 2.75) is 32.1 Å². The van der Waals surface area contributed by atoms with Crippen molar-refractivity contribution in [1.29, 1.82) is 0 Å². The maximum atomic E-state index is 11.3. The summed E-state index contributed by atoms with van der Waals surface area (Å²) in [7, 11) is 0. The first-order valence-electron chi connectivity index (χ1n) is 7.22. The minimum Gasteiger partial charge on any atom is -0.385 e. The van der Waals surface area contributed by atoms with E-state index < -0.39 is 11.1 Å². The number of hydrogen-bond donors (Lipinski definition) is 3. The predicted molar refractivity (Wildman–Crippen MR) is 80.3 cm³/mol. The van der Waals surface area contributed by atoms with Gasteiger partial charge in [-0.15, -0.1) is 0 Å². The number of rotatable bonds is 3. The topological polar surface area (TPSA) is 77.8 Å². The Balaban J connectivity index is 1.76. The first-order chi connectivity index (χ1) is 9.72. The lowest BCUT2D eigenvalue weighted by molar-refractivity contribution is 0.373. The molecule has 0 aliphatic heterocycles. The predicted octanol–water partition coefficient (Wildman–Crippen LogP) is 2.21. The molecule has 1 fully saturated rings. The maximum absolute atomic E-state index is 11.3. The van der Waals surface area contributed by atoms with Crippen molar-refractivity contribution in [3.05, 3.63) is 38.9 Å². The van der Waals surface area contributed by atoms with Crippen molar-refractivity contribution in [2.24, 2.45) is 5.92 Å². The molecule has 0 saturated heterocycles. The fourth-order valence-corrected chi connectivity index (χ4v) is 2.88. The number of H-pyrrole nitrogens is 2. The largest absolute Gasteiger partial charge is 0.385 e. The lowest BCUT2D eigenvalue weighted by Gasteiger charge is -2.22. The Labute approximate surface area is 116 Å². The summed E-state index contributed by atoms with van der Waals surface area (Å²) in [5.41, 5.74) is 1.06. The zero-order valence-corrected chi connectivity index (χ0v) is 11.4. The van der Waals surface area contributed by atoms with Crippen molar-refractivity contribution in [3.63, 3.8) is 0 Å². The van der Waals surface area contributed by atoms with Crippen molar-refractivity contribution in [2.75, 3.05) is 11.9 Å². The van der Waals surface area contributed by atoms with Gasteiger partial charge in [-0.3, -0.25) is 9.59 Å². The molecule has 1 aliphatic carbocycles. The molecule has 0 radical (unpaired) electrons. The molecule has 0 amide bonds. The minimum atomic E-state index is -0.611. The van der Waals surface area contributed by atoms with E-state index >= 15 is 0 Å². The Morgan fingerprint density at radius 1 is 1.00 bits per heavy atom. The molecule has 3 N–H and O–H groups in total. The van der Waals surface area contributed by atoms with Gasteiger partial charge in [0.1, 0.15) is 0 Å². The van der Waals surface area contributed by atoms with E-state index in [1.165, 1.54) is 32.1 Å². The SMILES string of the molecule is O=c1[nH]c2ccc(NCC3CCCCC3)cc2[nH]c1=O. The highest BCUT2D eigenvalue weighted by atomic mass is 16.2. The molecule has 106 valence electrons. The normalized spacial score (nSPS) is 16.4. The number of aromatic amines is 2. The van der Waals surface area contributed by atoms with Crippen LogP contribution < -0.4 is 16.4 Å². The van der Waals surface area contributed by atoms with E-state index in [-0.39, 0.29) is 0 Å². The van der Waals surface area contributed by atoms with Crippen molar-refractivity contribution >= 4 is 16.7 Å². The van der Waals surface area contributed by atoms with Crippen LogP contribution in [0.4, 0.5) is 5.69 Å². The van der Waals surface area contributed by atoms with E-state index in [0.717, 1.165) is 18.2 Å². The standard InChI is InChI=1S/C15H19N3O2/c19-14-15(20)18-13-8-11(6-7-12(13)17-14)16-9-10-4-2-1-3-5-10/h6-8,10,16H,1-5,9H2,(H,17,19)(H,18,20). The van der Waals surface area contributed by atoms with E-state index in [9.17, 15) is 9.59 Å². The molecule has 3 rings (SSSR count). The summed E-state index contributed by atoms with van der Waals surface area (Å²) in [4.78, 5) is 27.7. The summed E-state index contributed by atoms with van der Waals surface area (Å²) in [5.74, 6) is 0.745. The molecule has 0 atom stereocenters. The Morgan fingerprint density at radius 3 is 2.45 bits per heavy atom. The molecule has 0 unspecified atom stereocenters. The van der Waals surface area contributed by atoms with E-state index in [1.54, 1.807) is 0 Å². The Kier molecular flexibility index (Phi) is 3.58. The average Bonchev–Trinajstić information content (AvgIpc) is 2.47. The number of benzene rings is 1. The van der Waals surface area contributed by atoms with Crippen molar-refractivity contribution < 1.29 is 0 Å². The van der Waals surface area contributed by atoms with Crippen LogP contribution in [-0.4, -0.2) is 16.5 Å². The van der Waals surface area contributed by atoms with Crippen LogP contribution in [0.3, 0.4) is 0 Å². The van der Waals surface area contributed by atoms with Crippen LogP contribution in [0.5, 0.6) is 0 Å². The van der Waals surface area contributed by atoms with Gasteiger partial charge in [0.2, 0.25) is 0 Å². The molecular formula is C15H19N3O2. The second-order valence-electron chi connectivity index (χ2n) is 5.55. The van der Waals surface area contributed by atoms with Crippen LogP contribution in [0.2, 0.25) is 0 Å². The first kappa shape index (κ1) is 13.0. The van der Waals surface area contributed by atoms with Crippen LogP contribution in [-0.2, 0) is 0 Å². The van der Waals surface area contributed by atoms with Crippen molar-refractivity contribution in [1.82, 2.24) is 9.97 Å². The van der Waals surface area contributed by atoms with Gasteiger partial charge < -0.3 is 15.3 Å². The Hall–Kier alpha value is -2.04. The van der Waals surface area contributed by atoms with Gasteiger partial charge in [0.25, 0.3) is 0 Å². The van der Waals surface area contributed by atoms with E-state index in [1.807, 2.05) is 18.2 Å². The van der Waals surface area contributed by atoms with Crippen LogP contribution >= 0.6 is 0 Å². The molecule has 5 nitrogen and oxygen atoms in total. The summed E-state index contributed by atoms with van der Waals surface area (Å²) in [5, 5.41) is 3.43. The van der Waals surface area contributed by atoms with Crippen LogP contribution in [0.15, 0.2) is 27.8 Å². The van der Waals surface area contributed by atoms with Gasteiger partial charge in [-0.05, 0) is 37.0 Å². The summed E-state index contributed by atoms with van der Waals surface area (Å²) in [6.45, 7) is 0.971. The van der Waals surface area contributed by atoms with Gasteiger partial charge in [-0.1, -0.05) is 19.3 Å². The fourth-order valence-electron chi connectivity index (χ4n) is 2.88. The van der Waals surface area contributed by atoms with E-state index in [4.69, 9.17) is 0 Å². The third-order valence-corrected chi connectivity index (χ3v) is 4.04. The molecule has 5 heteroatoms. The van der Waals surface area contributed by atoms with Gasteiger partial charge in [0, 0.05) is 12.2 Å². The third kappa shape index (κ3) is 2.76. The second-order valence-corrected chi connectivity index (χ2v) is 5.55. The van der Waals surface area contributed by atoms with Crippen molar-refractivity contribution in [3.8, 4) is 0 Å². The van der Waals surface area contributed by atoms with Gasteiger partial charge in [0.05, 0.1) is 11.0 Å². The maximum Gasteiger partial charge on any atom is 0.314 e. The summed E-state index contributed by atoms with van der Waals surface area (Å²) in [6, 6.07) is 5.62. The molecule has 1 heterocycles. The molecular weight excluding hydrogens is 254 g/mol. The molecule has 1 aliphatic rings. The lowest BCUT2D eigenvalue weighted by atomic mass is 9.89. The van der Waals surface area contributed by atoms with Crippen LogP contribution in [0.1, 0.15) is 32.1 Å². The molecule has 1 saturated carbocycles. The molecule has 1 aromatic heterocycles. The highest BCUT2D eigenvalue weighted by Crippen LogP contribution is 2.24. The van der Waals surface area contributed by atoms with Gasteiger partial charge in [-0.25, -0.2) is 0 Å². The average molecular weight is 273 g/mol. The van der Waals surface area contributed by atoms with E-state index in [0.29, 0.717) is 11.0 Å². The minimum absolute atomic E-state index is 0.609. The van der Waals surface area contributed by atoms with Crippen LogP contribution in [0, 0.1) is 5.92 Å². The summed E-state index contributed by atoms with van der Waals surface area (Å²) in [6.07, 6.45) is 6.62. The molecule has 1 aromatic carbocycles. The lowest BCUT2D eigenvalue weighted by Crippen LogP contribution is -2.28. The first-order valence-corrected chi connectivity index (χ1v) is 7.22. The summed E-state index contributed by atoms with van der Waals surface area (Å²) < 4.78 is 0. The molecule has 0 spiro atoms. The van der Waals surface area contributed by atoms with E-state index in [2.05, 4.69) is 15.3 Å². The Morgan fingerprint density at radius 2 is 1.70 bits per heavy atom. The highest BCUT2D eigenvalue weighted by Gasteiger charge is 2.12. The summed E-state index contributed by atoms with van der Waals surface area (Å²) >= 11 is 0. The monoisotopic (exact) mass is 273 g/mol.